The van der Waals surface area contributed by atoms with Crippen LogP contribution in [0.3, 0.4) is 0 Å². The standard InChI is InChI=1S/C24H39NO4/c1-22-11-7-12-23(2,28-3)24(22,27)14-18-19(21(26)29-20(18)15-22)16-25-13-10-17-8-5-4-6-9-17/h8,18-20,25,27H,4-7,9-16H2,1-3H3/t18-,19?,20-,22-,23-,24?/m1/s1. The summed E-state index contributed by atoms with van der Waals surface area (Å²) in [5.41, 5.74) is -0.209. The van der Waals surface area contributed by atoms with Gasteiger partial charge >= 0.3 is 5.97 Å². The van der Waals surface area contributed by atoms with E-state index in [1.807, 2.05) is 6.92 Å². The number of nitrogens with one attached hydrogen (secondary N) is 1. The van der Waals surface area contributed by atoms with Crippen LogP contribution < -0.4 is 5.32 Å². The van der Waals surface area contributed by atoms with Gasteiger partial charge in [0.25, 0.3) is 0 Å². The summed E-state index contributed by atoms with van der Waals surface area (Å²) in [5.74, 6) is -0.194. The van der Waals surface area contributed by atoms with Crippen LogP contribution in [0, 0.1) is 17.3 Å². The van der Waals surface area contributed by atoms with Crippen molar-refractivity contribution in [1.82, 2.24) is 5.32 Å². The maximum absolute atomic E-state index is 12.7. The largest absolute Gasteiger partial charge is 0.462 e. The molecule has 0 aromatic carbocycles. The molecule has 4 aliphatic rings. The second kappa shape index (κ2) is 7.97. The van der Waals surface area contributed by atoms with Crippen LogP contribution in [0.15, 0.2) is 11.6 Å². The molecule has 3 fully saturated rings. The monoisotopic (exact) mass is 405 g/mol. The first-order valence-electron chi connectivity index (χ1n) is 11.7. The molecular formula is C24H39NO4. The summed E-state index contributed by atoms with van der Waals surface area (Å²) < 4.78 is 11.7. The maximum atomic E-state index is 12.7. The van der Waals surface area contributed by atoms with Crippen molar-refractivity contribution >= 4 is 5.97 Å². The molecule has 5 nitrogen and oxygen atoms in total. The highest BCUT2D eigenvalue weighted by molar-refractivity contribution is 5.75. The zero-order valence-corrected chi connectivity index (χ0v) is 18.5. The zero-order valence-electron chi connectivity index (χ0n) is 18.5. The molecule has 1 aliphatic heterocycles. The number of esters is 1. The number of methoxy groups -OCH3 is 1. The fourth-order valence-corrected chi connectivity index (χ4v) is 6.75. The minimum absolute atomic E-state index is 0.0644. The van der Waals surface area contributed by atoms with E-state index < -0.39 is 11.2 Å². The molecule has 0 bridgehead atoms. The normalized spacial score (nSPS) is 44.6. The lowest BCUT2D eigenvalue weighted by Crippen LogP contribution is -2.69. The Morgan fingerprint density at radius 1 is 1.24 bits per heavy atom. The van der Waals surface area contributed by atoms with E-state index in [0.29, 0.717) is 13.0 Å². The number of hydrogen-bond acceptors (Lipinski definition) is 5. The van der Waals surface area contributed by atoms with Gasteiger partial charge in [0.15, 0.2) is 0 Å². The van der Waals surface area contributed by atoms with Gasteiger partial charge in [0.1, 0.15) is 6.10 Å². The number of fused-ring (bicyclic) bond motifs is 2. The highest BCUT2D eigenvalue weighted by Crippen LogP contribution is 2.61. The molecule has 29 heavy (non-hydrogen) atoms. The van der Waals surface area contributed by atoms with Crippen LogP contribution in [0.5, 0.6) is 0 Å². The molecule has 4 rings (SSSR count). The van der Waals surface area contributed by atoms with E-state index in [0.717, 1.165) is 38.6 Å². The Morgan fingerprint density at radius 2 is 2.07 bits per heavy atom. The zero-order chi connectivity index (χ0) is 20.7. The van der Waals surface area contributed by atoms with Crippen LogP contribution in [0.1, 0.15) is 78.1 Å². The molecule has 5 heteroatoms. The van der Waals surface area contributed by atoms with Crippen molar-refractivity contribution in [3.05, 3.63) is 11.6 Å². The molecule has 1 heterocycles. The first-order valence-corrected chi connectivity index (χ1v) is 11.7. The third-order valence-electron chi connectivity index (χ3n) is 8.83. The lowest BCUT2D eigenvalue weighted by Gasteiger charge is -2.62. The lowest BCUT2D eigenvalue weighted by molar-refractivity contribution is -0.270. The average molecular weight is 406 g/mol. The fraction of sp³-hybridized carbons (Fsp3) is 0.875. The molecule has 2 saturated carbocycles. The summed E-state index contributed by atoms with van der Waals surface area (Å²) in [6.07, 6.45) is 12.6. The van der Waals surface area contributed by atoms with Crippen molar-refractivity contribution in [3.8, 4) is 0 Å². The van der Waals surface area contributed by atoms with E-state index in [9.17, 15) is 9.90 Å². The van der Waals surface area contributed by atoms with Crippen molar-refractivity contribution in [2.75, 3.05) is 20.2 Å². The number of rotatable bonds is 6. The van der Waals surface area contributed by atoms with Gasteiger partial charge in [-0.25, -0.2) is 0 Å². The highest BCUT2D eigenvalue weighted by Gasteiger charge is 2.67. The SMILES string of the molecule is CO[C@]1(C)CCC[C@]2(C)C[C@H]3OC(=O)C(CNCCC4=CCCCC4)[C@H]3CC21O. The van der Waals surface area contributed by atoms with Crippen molar-refractivity contribution in [1.29, 1.82) is 0 Å². The minimum Gasteiger partial charge on any atom is -0.462 e. The number of carbonyl (C=O) groups excluding carboxylic acids is 1. The molecule has 164 valence electrons. The molecule has 0 aromatic heterocycles. The Kier molecular flexibility index (Phi) is 5.86. The summed E-state index contributed by atoms with van der Waals surface area (Å²) in [5, 5.41) is 15.5. The van der Waals surface area contributed by atoms with Crippen molar-refractivity contribution < 1.29 is 19.4 Å². The Bertz CT molecular complexity index is 663. The molecule has 0 radical (unpaired) electrons. The summed E-state index contributed by atoms with van der Waals surface area (Å²) in [7, 11) is 1.71. The molecule has 0 amide bonds. The number of carbonyl (C=O) groups is 1. The van der Waals surface area contributed by atoms with Crippen LogP contribution in [0.2, 0.25) is 0 Å². The number of ether oxygens (including phenoxy) is 2. The van der Waals surface area contributed by atoms with E-state index in [1.165, 1.54) is 25.7 Å². The highest BCUT2D eigenvalue weighted by atomic mass is 16.6. The smallest absolute Gasteiger partial charge is 0.310 e. The molecule has 1 saturated heterocycles. The molecular weight excluding hydrogens is 366 g/mol. The van der Waals surface area contributed by atoms with E-state index in [4.69, 9.17) is 9.47 Å². The van der Waals surface area contributed by atoms with E-state index >= 15 is 0 Å². The summed E-state index contributed by atoms with van der Waals surface area (Å²) in [4.78, 5) is 12.7. The Morgan fingerprint density at radius 3 is 2.79 bits per heavy atom. The number of allylic oxidation sites excluding steroid dienone is 1. The van der Waals surface area contributed by atoms with Gasteiger partial charge < -0.3 is 19.9 Å². The second-order valence-corrected chi connectivity index (χ2v) is 10.4. The third-order valence-corrected chi connectivity index (χ3v) is 8.83. The van der Waals surface area contributed by atoms with Gasteiger partial charge in [-0.1, -0.05) is 18.6 Å². The molecule has 3 aliphatic carbocycles. The first kappa shape index (κ1) is 21.3. The maximum Gasteiger partial charge on any atom is 0.310 e. The average Bonchev–Trinajstić information content (AvgIpc) is 2.99. The summed E-state index contributed by atoms with van der Waals surface area (Å²) in [6, 6.07) is 0. The molecule has 6 atom stereocenters. The van der Waals surface area contributed by atoms with Crippen LogP contribution in [0.25, 0.3) is 0 Å². The molecule has 0 spiro atoms. The fourth-order valence-electron chi connectivity index (χ4n) is 6.75. The topological polar surface area (TPSA) is 67.8 Å². The Labute approximate surface area is 175 Å². The third kappa shape index (κ3) is 3.57. The van der Waals surface area contributed by atoms with Gasteiger partial charge in [0, 0.05) is 25.0 Å². The van der Waals surface area contributed by atoms with Crippen LogP contribution in [-0.4, -0.2) is 48.6 Å². The van der Waals surface area contributed by atoms with Crippen LogP contribution >= 0.6 is 0 Å². The van der Waals surface area contributed by atoms with E-state index in [2.05, 4.69) is 18.3 Å². The van der Waals surface area contributed by atoms with Crippen LogP contribution in [0.4, 0.5) is 0 Å². The van der Waals surface area contributed by atoms with Gasteiger partial charge in [-0.05, 0) is 77.7 Å². The van der Waals surface area contributed by atoms with Crippen LogP contribution in [-0.2, 0) is 14.3 Å². The minimum atomic E-state index is -0.923. The van der Waals surface area contributed by atoms with Gasteiger partial charge in [0.2, 0.25) is 0 Å². The van der Waals surface area contributed by atoms with Crippen molar-refractivity contribution in [3.63, 3.8) is 0 Å². The van der Waals surface area contributed by atoms with Gasteiger partial charge in [-0.15, -0.1) is 0 Å². The lowest BCUT2D eigenvalue weighted by atomic mass is 9.49. The summed E-state index contributed by atoms with van der Waals surface area (Å²) in [6.45, 7) is 5.76. The molecule has 2 unspecified atom stereocenters. The quantitative estimate of drug-likeness (QED) is 0.400. The second-order valence-electron chi connectivity index (χ2n) is 10.4. The van der Waals surface area contributed by atoms with Gasteiger partial charge in [-0.2, -0.15) is 0 Å². The Hall–Kier alpha value is -0.910. The van der Waals surface area contributed by atoms with E-state index in [-0.39, 0.29) is 29.3 Å². The van der Waals surface area contributed by atoms with Gasteiger partial charge in [0.05, 0.1) is 17.1 Å². The summed E-state index contributed by atoms with van der Waals surface area (Å²) >= 11 is 0. The molecule has 0 aromatic rings. The number of hydrogen-bond donors (Lipinski definition) is 2. The molecule has 2 N–H and O–H groups in total. The predicted octanol–water partition coefficient (Wildman–Crippen LogP) is 3.74. The number of aliphatic hydroxyl groups is 1. The van der Waals surface area contributed by atoms with Crippen molar-refractivity contribution in [2.45, 2.75) is 95.4 Å². The predicted molar refractivity (Wildman–Crippen MR) is 112 cm³/mol. The van der Waals surface area contributed by atoms with Crippen molar-refractivity contribution in [2.24, 2.45) is 17.3 Å². The Balaban J connectivity index is 1.42. The van der Waals surface area contributed by atoms with Gasteiger partial charge in [-0.3, -0.25) is 4.79 Å². The first-order chi connectivity index (χ1) is 13.8. The van der Waals surface area contributed by atoms with E-state index in [1.54, 1.807) is 12.7 Å².